The summed E-state index contributed by atoms with van der Waals surface area (Å²) >= 11 is 0. The summed E-state index contributed by atoms with van der Waals surface area (Å²) in [6, 6.07) is 2.29. The molecular formula is C9H9N3. The van der Waals surface area contributed by atoms with Crippen LogP contribution in [0.3, 0.4) is 0 Å². The first-order chi connectivity index (χ1) is 5.90. The summed E-state index contributed by atoms with van der Waals surface area (Å²) in [6.45, 7) is 0. The summed E-state index contributed by atoms with van der Waals surface area (Å²) in [5.41, 5.74) is 2.27. The SMILES string of the molecule is N#CC1CCc2ncncc2C1. The number of hydrogen-bond acceptors (Lipinski definition) is 3. The average molecular weight is 159 g/mol. The lowest BCUT2D eigenvalue weighted by molar-refractivity contribution is 0.551. The molecule has 0 aromatic carbocycles. The average Bonchev–Trinajstić information content (AvgIpc) is 2.17. The van der Waals surface area contributed by atoms with Crippen molar-refractivity contribution in [1.29, 1.82) is 5.26 Å². The zero-order chi connectivity index (χ0) is 8.39. The Balaban J connectivity index is 2.30. The normalized spacial score (nSPS) is 21.1. The second-order valence-corrected chi connectivity index (χ2v) is 3.06. The summed E-state index contributed by atoms with van der Waals surface area (Å²) in [4.78, 5) is 8.11. The van der Waals surface area contributed by atoms with Gasteiger partial charge >= 0.3 is 0 Å². The third-order valence-corrected chi connectivity index (χ3v) is 2.26. The van der Waals surface area contributed by atoms with Crippen LogP contribution in [0.1, 0.15) is 17.7 Å². The van der Waals surface area contributed by atoms with Crippen LogP contribution in [0, 0.1) is 17.2 Å². The quantitative estimate of drug-likeness (QED) is 0.569. The molecule has 60 valence electrons. The van der Waals surface area contributed by atoms with E-state index in [0.29, 0.717) is 0 Å². The van der Waals surface area contributed by atoms with Crippen molar-refractivity contribution >= 4 is 0 Å². The van der Waals surface area contributed by atoms with Crippen LogP contribution in [-0.4, -0.2) is 9.97 Å². The molecule has 0 spiro atoms. The van der Waals surface area contributed by atoms with Gasteiger partial charge in [-0.3, -0.25) is 0 Å². The van der Waals surface area contributed by atoms with Gasteiger partial charge in [0.1, 0.15) is 6.33 Å². The van der Waals surface area contributed by atoms with E-state index in [4.69, 9.17) is 5.26 Å². The Morgan fingerprint density at radius 1 is 1.58 bits per heavy atom. The smallest absolute Gasteiger partial charge is 0.115 e. The monoisotopic (exact) mass is 159 g/mol. The largest absolute Gasteiger partial charge is 0.245 e. The fraction of sp³-hybridized carbons (Fsp3) is 0.444. The molecule has 0 saturated carbocycles. The topological polar surface area (TPSA) is 49.6 Å². The minimum Gasteiger partial charge on any atom is -0.245 e. The standard InChI is InChI=1S/C9H9N3/c10-4-7-1-2-9-8(3-7)5-11-6-12-9/h5-7H,1-3H2. The first-order valence-corrected chi connectivity index (χ1v) is 4.07. The maximum atomic E-state index is 8.73. The lowest BCUT2D eigenvalue weighted by Gasteiger charge is -2.17. The van der Waals surface area contributed by atoms with Crippen molar-refractivity contribution in [2.24, 2.45) is 5.92 Å². The summed E-state index contributed by atoms with van der Waals surface area (Å²) in [6.07, 6.45) is 6.10. The van der Waals surface area contributed by atoms with E-state index >= 15 is 0 Å². The lowest BCUT2D eigenvalue weighted by Crippen LogP contribution is -2.14. The predicted octanol–water partition coefficient (Wildman–Crippen LogP) is 1.11. The number of nitriles is 1. The Labute approximate surface area is 71.1 Å². The van der Waals surface area contributed by atoms with E-state index in [-0.39, 0.29) is 5.92 Å². The van der Waals surface area contributed by atoms with E-state index in [1.807, 2.05) is 6.20 Å². The van der Waals surface area contributed by atoms with Gasteiger partial charge < -0.3 is 0 Å². The van der Waals surface area contributed by atoms with Gasteiger partial charge in [-0.15, -0.1) is 0 Å². The Kier molecular flexibility index (Phi) is 1.75. The fourth-order valence-electron chi connectivity index (χ4n) is 1.57. The maximum Gasteiger partial charge on any atom is 0.115 e. The summed E-state index contributed by atoms with van der Waals surface area (Å²) in [5, 5.41) is 8.73. The molecule has 0 fully saturated rings. The highest BCUT2D eigenvalue weighted by molar-refractivity contribution is 5.21. The van der Waals surface area contributed by atoms with Gasteiger partial charge in [-0.05, 0) is 24.8 Å². The predicted molar refractivity (Wildman–Crippen MR) is 43.2 cm³/mol. The van der Waals surface area contributed by atoms with Crippen LogP contribution in [0.5, 0.6) is 0 Å². The van der Waals surface area contributed by atoms with Gasteiger partial charge in [0.05, 0.1) is 12.0 Å². The molecule has 1 aliphatic rings. The number of nitrogens with zero attached hydrogens (tertiary/aromatic N) is 3. The summed E-state index contributed by atoms with van der Waals surface area (Å²) < 4.78 is 0. The molecule has 3 nitrogen and oxygen atoms in total. The molecule has 1 unspecified atom stereocenters. The number of fused-ring (bicyclic) bond motifs is 1. The van der Waals surface area contributed by atoms with Crippen LogP contribution < -0.4 is 0 Å². The molecule has 0 amide bonds. The number of aryl methyl sites for hydroxylation is 1. The van der Waals surface area contributed by atoms with Crippen LogP contribution in [-0.2, 0) is 12.8 Å². The molecule has 3 heteroatoms. The van der Waals surface area contributed by atoms with Crippen molar-refractivity contribution in [1.82, 2.24) is 9.97 Å². The summed E-state index contributed by atoms with van der Waals surface area (Å²) in [5.74, 6) is 0.170. The Hall–Kier alpha value is -1.43. The number of hydrogen-bond donors (Lipinski definition) is 0. The van der Waals surface area contributed by atoms with Crippen LogP contribution >= 0.6 is 0 Å². The molecule has 1 aliphatic carbocycles. The van der Waals surface area contributed by atoms with Crippen LogP contribution in [0.4, 0.5) is 0 Å². The van der Waals surface area contributed by atoms with E-state index < -0.39 is 0 Å². The van der Waals surface area contributed by atoms with Gasteiger partial charge in [0.2, 0.25) is 0 Å². The minimum atomic E-state index is 0.170. The lowest BCUT2D eigenvalue weighted by atomic mass is 9.88. The first kappa shape index (κ1) is 7.23. The van der Waals surface area contributed by atoms with Gasteiger partial charge in [0, 0.05) is 11.9 Å². The highest BCUT2D eigenvalue weighted by Crippen LogP contribution is 2.22. The van der Waals surface area contributed by atoms with Gasteiger partial charge in [-0.2, -0.15) is 5.26 Å². The third kappa shape index (κ3) is 1.16. The number of aromatic nitrogens is 2. The molecule has 12 heavy (non-hydrogen) atoms. The highest BCUT2D eigenvalue weighted by Gasteiger charge is 2.18. The van der Waals surface area contributed by atoms with Gasteiger partial charge in [0.15, 0.2) is 0 Å². The van der Waals surface area contributed by atoms with Crippen molar-refractivity contribution in [3.8, 4) is 6.07 Å². The highest BCUT2D eigenvalue weighted by atomic mass is 14.8. The third-order valence-electron chi connectivity index (χ3n) is 2.26. The molecule has 0 saturated heterocycles. The Bertz CT molecular complexity index is 327. The van der Waals surface area contributed by atoms with E-state index in [1.54, 1.807) is 6.33 Å². The molecule has 0 aliphatic heterocycles. The van der Waals surface area contributed by atoms with Crippen LogP contribution in [0.25, 0.3) is 0 Å². The molecule has 1 aromatic rings. The van der Waals surface area contributed by atoms with Crippen LogP contribution in [0.15, 0.2) is 12.5 Å². The van der Waals surface area contributed by atoms with E-state index in [1.165, 1.54) is 0 Å². The van der Waals surface area contributed by atoms with Gasteiger partial charge in [0.25, 0.3) is 0 Å². The molecule has 1 aromatic heterocycles. The molecule has 0 N–H and O–H groups in total. The molecule has 0 bridgehead atoms. The van der Waals surface area contributed by atoms with Crippen molar-refractivity contribution in [2.45, 2.75) is 19.3 Å². The zero-order valence-corrected chi connectivity index (χ0v) is 6.70. The van der Waals surface area contributed by atoms with Crippen molar-refractivity contribution in [2.75, 3.05) is 0 Å². The van der Waals surface area contributed by atoms with E-state index in [2.05, 4.69) is 16.0 Å². The number of rotatable bonds is 0. The second kappa shape index (κ2) is 2.90. The molecule has 2 rings (SSSR count). The van der Waals surface area contributed by atoms with E-state index in [9.17, 15) is 0 Å². The van der Waals surface area contributed by atoms with Gasteiger partial charge in [-0.25, -0.2) is 9.97 Å². The minimum absolute atomic E-state index is 0.170. The maximum absolute atomic E-state index is 8.73. The van der Waals surface area contributed by atoms with Crippen molar-refractivity contribution < 1.29 is 0 Å². The molecular weight excluding hydrogens is 150 g/mol. The molecule has 0 radical (unpaired) electrons. The van der Waals surface area contributed by atoms with E-state index in [0.717, 1.165) is 30.5 Å². The van der Waals surface area contributed by atoms with Crippen LogP contribution in [0.2, 0.25) is 0 Å². The first-order valence-electron chi connectivity index (χ1n) is 4.07. The molecule has 1 heterocycles. The zero-order valence-electron chi connectivity index (χ0n) is 6.70. The van der Waals surface area contributed by atoms with Crippen molar-refractivity contribution in [3.05, 3.63) is 23.8 Å². The Morgan fingerprint density at radius 3 is 3.33 bits per heavy atom. The molecule has 1 atom stereocenters. The second-order valence-electron chi connectivity index (χ2n) is 3.06. The van der Waals surface area contributed by atoms with Crippen molar-refractivity contribution in [3.63, 3.8) is 0 Å². The van der Waals surface area contributed by atoms with Gasteiger partial charge in [-0.1, -0.05) is 0 Å². The fourth-order valence-corrected chi connectivity index (χ4v) is 1.57. The Morgan fingerprint density at radius 2 is 2.50 bits per heavy atom. The summed E-state index contributed by atoms with van der Waals surface area (Å²) in [7, 11) is 0.